The van der Waals surface area contributed by atoms with Crippen LogP contribution in [0.2, 0.25) is 0 Å². The van der Waals surface area contributed by atoms with Crippen LogP contribution in [-0.4, -0.2) is 11.5 Å². The molecule has 0 aliphatic rings. The summed E-state index contributed by atoms with van der Waals surface area (Å²) in [6.45, 7) is 0.534. The highest BCUT2D eigenvalue weighted by atomic mass is 19.1. The van der Waals surface area contributed by atoms with Crippen LogP contribution in [0.5, 0.6) is 0 Å². The van der Waals surface area contributed by atoms with Crippen molar-refractivity contribution < 1.29 is 9.31 Å². The summed E-state index contributed by atoms with van der Waals surface area (Å²) in [6.07, 6.45) is 7.40. The predicted octanol–water partition coefficient (Wildman–Crippen LogP) is 2.95. The number of nitrogens with zero attached hydrogens (tertiary/aromatic N) is 1. The van der Waals surface area contributed by atoms with Crippen molar-refractivity contribution in [3.05, 3.63) is 34.1 Å². The Morgan fingerprint density at radius 3 is 2.88 bits per heavy atom. The van der Waals surface area contributed by atoms with E-state index in [4.69, 9.17) is 6.42 Å². The van der Waals surface area contributed by atoms with Crippen LogP contribution in [0, 0.1) is 28.3 Å². The number of rotatable bonds is 6. The first-order chi connectivity index (χ1) is 8.16. The highest BCUT2D eigenvalue weighted by Gasteiger charge is 2.18. The average Bonchev–Trinajstić information content (AvgIpc) is 2.28. The van der Waals surface area contributed by atoms with Gasteiger partial charge in [-0.25, -0.2) is 0 Å². The summed E-state index contributed by atoms with van der Waals surface area (Å²) in [5.74, 6) is 1.68. The third-order valence-electron chi connectivity index (χ3n) is 2.23. The van der Waals surface area contributed by atoms with Crippen molar-refractivity contribution in [3.63, 3.8) is 0 Å². The minimum absolute atomic E-state index is 0.204. The Balaban J connectivity index is 2.62. The first-order valence-corrected chi connectivity index (χ1v) is 5.27. The van der Waals surface area contributed by atoms with Crippen LogP contribution in [0.1, 0.15) is 19.3 Å². The van der Waals surface area contributed by atoms with Crippen molar-refractivity contribution in [1.82, 2.24) is 0 Å². The zero-order chi connectivity index (χ0) is 12.7. The van der Waals surface area contributed by atoms with Gasteiger partial charge in [-0.15, -0.1) is 12.3 Å². The fraction of sp³-hybridized carbons (Fsp3) is 0.333. The zero-order valence-corrected chi connectivity index (χ0v) is 9.28. The van der Waals surface area contributed by atoms with E-state index in [0.29, 0.717) is 13.0 Å². The van der Waals surface area contributed by atoms with Crippen LogP contribution < -0.4 is 5.32 Å². The van der Waals surface area contributed by atoms with E-state index in [1.54, 1.807) is 0 Å². The number of terminal acetylenes is 1. The quantitative estimate of drug-likeness (QED) is 0.357. The normalized spacial score (nSPS) is 9.65. The molecule has 0 radical (unpaired) electrons. The summed E-state index contributed by atoms with van der Waals surface area (Å²) in [5, 5.41) is 13.5. The Morgan fingerprint density at radius 2 is 2.24 bits per heavy atom. The lowest BCUT2D eigenvalue weighted by Crippen LogP contribution is -2.05. The summed E-state index contributed by atoms with van der Waals surface area (Å²) >= 11 is 0. The fourth-order valence-corrected chi connectivity index (χ4v) is 1.42. The van der Waals surface area contributed by atoms with E-state index in [1.165, 1.54) is 12.1 Å². The maximum absolute atomic E-state index is 13.2. The molecule has 90 valence electrons. The number of benzene rings is 1. The number of para-hydroxylation sites is 1. The summed E-state index contributed by atoms with van der Waals surface area (Å²) in [7, 11) is 0. The van der Waals surface area contributed by atoms with Gasteiger partial charge in [0.1, 0.15) is 5.69 Å². The van der Waals surface area contributed by atoms with E-state index in [2.05, 4.69) is 11.2 Å². The smallest absolute Gasteiger partial charge is 0.327 e. The lowest BCUT2D eigenvalue weighted by atomic mass is 10.2. The summed E-state index contributed by atoms with van der Waals surface area (Å²) < 4.78 is 13.2. The molecule has 0 aromatic heterocycles. The van der Waals surface area contributed by atoms with Crippen LogP contribution in [0.4, 0.5) is 15.8 Å². The molecule has 1 aromatic rings. The van der Waals surface area contributed by atoms with E-state index >= 15 is 0 Å². The van der Waals surface area contributed by atoms with Gasteiger partial charge in [-0.3, -0.25) is 10.1 Å². The SMILES string of the molecule is C#CCCCCNc1cccc(F)c1[N+](=O)[O-]. The van der Waals surface area contributed by atoms with Crippen LogP contribution >= 0.6 is 0 Å². The minimum atomic E-state index is -0.830. The predicted molar refractivity (Wildman–Crippen MR) is 64.2 cm³/mol. The number of nitrogens with one attached hydrogen (secondary N) is 1. The van der Waals surface area contributed by atoms with Crippen molar-refractivity contribution in [2.45, 2.75) is 19.3 Å². The second-order valence-corrected chi connectivity index (χ2v) is 3.48. The topological polar surface area (TPSA) is 55.2 Å². The van der Waals surface area contributed by atoms with Gasteiger partial charge in [-0.1, -0.05) is 6.07 Å². The standard InChI is InChI=1S/C12H13FN2O2/c1-2-3-4-5-9-14-11-8-6-7-10(13)12(11)15(16)17/h1,6-8,14H,3-5,9H2. The average molecular weight is 236 g/mol. The number of hydrogen-bond acceptors (Lipinski definition) is 3. The monoisotopic (exact) mass is 236 g/mol. The first kappa shape index (κ1) is 13.0. The Bertz CT molecular complexity index is 441. The number of nitro groups is 1. The number of anilines is 1. The molecule has 0 aliphatic carbocycles. The Hall–Kier alpha value is -2.09. The summed E-state index contributed by atoms with van der Waals surface area (Å²) in [5.41, 5.74) is -0.305. The Labute approximate surface area is 99.0 Å². The van der Waals surface area contributed by atoms with Gasteiger partial charge in [-0.2, -0.15) is 4.39 Å². The third kappa shape index (κ3) is 3.76. The molecule has 1 aromatic carbocycles. The third-order valence-corrected chi connectivity index (χ3v) is 2.23. The molecule has 0 saturated carbocycles. The molecular weight excluding hydrogens is 223 g/mol. The molecule has 0 heterocycles. The summed E-state index contributed by atoms with van der Waals surface area (Å²) in [6, 6.07) is 4.00. The van der Waals surface area contributed by atoms with Gasteiger partial charge in [0.05, 0.1) is 4.92 Å². The number of nitro benzene ring substituents is 1. The zero-order valence-electron chi connectivity index (χ0n) is 9.28. The van der Waals surface area contributed by atoms with Gasteiger partial charge in [0.2, 0.25) is 5.82 Å². The van der Waals surface area contributed by atoms with Crippen molar-refractivity contribution in [1.29, 1.82) is 0 Å². The highest BCUT2D eigenvalue weighted by Crippen LogP contribution is 2.26. The van der Waals surface area contributed by atoms with E-state index < -0.39 is 16.4 Å². The molecule has 4 nitrogen and oxygen atoms in total. The molecule has 0 spiro atoms. The lowest BCUT2D eigenvalue weighted by molar-refractivity contribution is -0.386. The van der Waals surface area contributed by atoms with Gasteiger partial charge >= 0.3 is 5.69 Å². The van der Waals surface area contributed by atoms with Crippen molar-refractivity contribution in [2.75, 3.05) is 11.9 Å². The van der Waals surface area contributed by atoms with Crippen molar-refractivity contribution in [2.24, 2.45) is 0 Å². The van der Waals surface area contributed by atoms with Crippen LogP contribution in [0.3, 0.4) is 0 Å². The van der Waals surface area contributed by atoms with E-state index in [-0.39, 0.29) is 5.69 Å². The number of halogens is 1. The molecular formula is C12H13FN2O2. The van der Waals surface area contributed by atoms with E-state index in [0.717, 1.165) is 18.9 Å². The molecule has 0 bridgehead atoms. The largest absolute Gasteiger partial charge is 0.379 e. The summed E-state index contributed by atoms with van der Waals surface area (Å²) in [4.78, 5) is 9.95. The highest BCUT2D eigenvalue weighted by molar-refractivity contribution is 5.61. The van der Waals surface area contributed by atoms with Crippen molar-refractivity contribution >= 4 is 11.4 Å². The van der Waals surface area contributed by atoms with Crippen molar-refractivity contribution in [3.8, 4) is 12.3 Å². The second kappa shape index (κ2) is 6.48. The first-order valence-electron chi connectivity index (χ1n) is 5.27. The lowest BCUT2D eigenvalue weighted by Gasteiger charge is -2.06. The molecule has 0 amide bonds. The van der Waals surface area contributed by atoms with E-state index in [1.807, 2.05) is 0 Å². The van der Waals surface area contributed by atoms with Crippen LogP contribution in [0.25, 0.3) is 0 Å². The molecule has 0 fully saturated rings. The van der Waals surface area contributed by atoms with Gasteiger partial charge in [0.25, 0.3) is 0 Å². The van der Waals surface area contributed by atoms with Gasteiger partial charge in [0.15, 0.2) is 0 Å². The molecule has 1 rings (SSSR count). The second-order valence-electron chi connectivity index (χ2n) is 3.48. The molecule has 1 N–H and O–H groups in total. The maximum atomic E-state index is 13.2. The Morgan fingerprint density at radius 1 is 1.47 bits per heavy atom. The number of unbranched alkanes of at least 4 members (excludes halogenated alkanes) is 2. The van der Waals surface area contributed by atoms with Gasteiger partial charge in [0, 0.05) is 13.0 Å². The van der Waals surface area contributed by atoms with Gasteiger partial charge in [-0.05, 0) is 25.0 Å². The van der Waals surface area contributed by atoms with Crippen LogP contribution in [0.15, 0.2) is 18.2 Å². The van der Waals surface area contributed by atoms with E-state index in [9.17, 15) is 14.5 Å². The maximum Gasteiger partial charge on any atom is 0.327 e. The van der Waals surface area contributed by atoms with Crippen LogP contribution in [-0.2, 0) is 0 Å². The molecule has 0 aliphatic heterocycles. The molecule has 0 unspecified atom stereocenters. The molecule has 0 atom stereocenters. The minimum Gasteiger partial charge on any atom is -0.379 e. The Kier molecular flexibility index (Phi) is 4.95. The molecule has 17 heavy (non-hydrogen) atoms. The van der Waals surface area contributed by atoms with Gasteiger partial charge < -0.3 is 5.32 Å². The molecule has 5 heteroatoms. The molecule has 0 saturated heterocycles. The number of hydrogen-bond donors (Lipinski definition) is 1. The fourth-order valence-electron chi connectivity index (χ4n) is 1.42.